The first-order chi connectivity index (χ1) is 9.47. The lowest BCUT2D eigenvalue weighted by molar-refractivity contribution is -0.131. The molecule has 20 heavy (non-hydrogen) atoms. The predicted molar refractivity (Wildman–Crippen MR) is 77.1 cm³/mol. The van der Waals surface area contributed by atoms with Crippen LogP contribution in [0.1, 0.15) is 34.0 Å². The Morgan fingerprint density at radius 2 is 1.55 bits per heavy atom. The van der Waals surface area contributed by atoms with Gasteiger partial charge in [0.2, 0.25) is 0 Å². The maximum absolute atomic E-state index is 12.6. The largest absolute Gasteiger partial charge is 0.426 e. The molecule has 2 aromatic rings. The number of aryl methyl sites for hydroxylation is 2. The smallest absolute Gasteiger partial charge is 0.308 e. The number of carbonyl (C=O) groups excluding carboxylic acids is 2. The van der Waals surface area contributed by atoms with Gasteiger partial charge in [-0.15, -0.1) is 0 Å². The Morgan fingerprint density at radius 1 is 0.950 bits per heavy atom. The molecule has 0 bridgehead atoms. The van der Waals surface area contributed by atoms with Crippen LogP contribution in [0.15, 0.2) is 42.5 Å². The van der Waals surface area contributed by atoms with Gasteiger partial charge in [0.05, 0.1) is 5.56 Å². The van der Waals surface area contributed by atoms with Gasteiger partial charge in [0, 0.05) is 12.5 Å². The van der Waals surface area contributed by atoms with Gasteiger partial charge in [-0.1, -0.05) is 29.3 Å². The van der Waals surface area contributed by atoms with Gasteiger partial charge >= 0.3 is 5.97 Å². The molecule has 0 radical (unpaired) electrons. The fraction of sp³-hybridized carbons (Fsp3) is 0.176. The van der Waals surface area contributed by atoms with Gasteiger partial charge in [0.1, 0.15) is 5.75 Å². The second-order valence-corrected chi connectivity index (χ2v) is 4.80. The van der Waals surface area contributed by atoms with E-state index < -0.39 is 5.97 Å². The van der Waals surface area contributed by atoms with Crippen LogP contribution in [0.25, 0.3) is 0 Å². The summed E-state index contributed by atoms with van der Waals surface area (Å²) in [5.74, 6) is -0.288. The van der Waals surface area contributed by atoms with Crippen molar-refractivity contribution in [3.63, 3.8) is 0 Å². The number of para-hydroxylation sites is 1. The second-order valence-electron chi connectivity index (χ2n) is 4.80. The fourth-order valence-corrected chi connectivity index (χ4v) is 2.16. The lowest BCUT2D eigenvalue weighted by atomic mass is 9.99. The Hall–Kier alpha value is -2.42. The van der Waals surface area contributed by atoms with Crippen molar-refractivity contribution >= 4 is 11.8 Å². The maximum Gasteiger partial charge on any atom is 0.308 e. The summed E-state index contributed by atoms with van der Waals surface area (Å²) in [6.45, 7) is 5.21. The number of esters is 1. The Morgan fingerprint density at radius 3 is 2.15 bits per heavy atom. The third kappa shape index (κ3) is 3.12. The first kappa shape index (κ1) is 14.0. The number of hydrogen-bond donors (Lipinski definition) is 0. The van der Waals surface area contributed by atoms with E-state index in [4.69, 9.17) is 4.74 Å². The first-order valence-corrected chi connectivity index (χ1v) is 6.38. The van der Waals surface area contributed by atoms with Crippen LogP contribution in [0.5, 0.6) is 5.75 Å². The van der Waals surface area contributed by atoms with E-state index in [1.807, 2.05) is 32.0 Å². The molecule has 0 spiro atoms. The molecule has 2 rings (SSSR count). The van der Waals surface area contributed by atoms with E-state index in [2.05, 4.69) is 0 Å². The maximum atomic E-state index is 12.6. The van der Waals surface area contributed by atoms with Gasteiger partial charge in [-0.3, -0.25) is 9.59 Å². The van der Waals surface area contributed by atoms with Crippen molar-refractivity contribution in [1.29, 1.82) is 0 Å². The number of benzene rings is 2. The molecule has 102 valence electrons. The Labute approximate surface area is 118 Å². The Bertz CT molecular complexity index is 651. The summed E-state index contributed by atoms with van der Waals surface area (Å²) in [7, 11) is 0. The zero-order valence-electron chi connectivity index (χ0n) is 11.8. The molecular formula is C17H16O3. The molecule has 0 atom stereocenters. The summed E-state index contributed by atoms with van der Waals surface area (Å²) in [4.78, 5) is 23.7. The van der Waals surface area contributed by atoms with Gasteiger partial charge in [0.25, 0.3) is 0 Å². The van der Waals surface area contributed by atoms with Crippen LogP contribution in [0.3, 0.4) is 0 Å². The van der Waals surface area contributed by atoms with Crippen molar-refractivity contribution in [1.82, 2.24) is 0 Å². The quantitative estimate of drug-likeness (QED) is 0.486. The molecule has 0 unspecified atom stereocenters. The van der Waals surface area contributed by atoms with Crippen molar-refractivity contribution in [3.8, 4) is 5.75 Å². The zero-order valence-corrected chi connectivity index (χ0v) is 11.8. The monoisotopic (exact) mass is 268 g/mol. The minimum atomic E-state index is -0.439. The molecule has 0 saturated carbocycles. The molecule has 0 aliphatic carbocycles. The molecule has 0 aliphatic heterocycles. The number of hydrogen-bond acceptors (Lipinski definition) is 3. The van der Waals surface area contributed by atoms with Crippen molar-refractivity contribution < 1.29 is 14.3 Å². The highest BCUT2D eigenvalue weighted by atomic mass is 16.5. The summed E-state index contributed by atoms with van der Waals surface area (Å²) in [5, 5.41) is 0. The van der Waals surface area contributed by atoms with Gasteiger partial charge < -0.3 is 4.74 Å². The Balaban J connectivity index is 2.45. The SMILES string of the molecule is CC(=O)Oc1ccccc1C(=O)c1cc(C)cc(C)c1. The number of ketones is 1. The number of ether oxygens (including phenoxy) is 1. The van der Waals surface area contributed by atoms with Crippen LogP contribution in [-0.2, 0) is 4.79 Å². The topological polar surface area (TPSA) is 43.4 Å². The molecule has 0 N–H and O–H groups in total. The van der Waals surface area contributed by atoms with Crippen molar-refractivity contribution in [2.45, 2.75) is 20.8 Å². The third-order valence-corrected chi connectivity index (χ3v) is 2.87. The highest BCUT2D eigenvalue weighted by Gasteiger charge is 2.15. The molecule has 3 nitrogen and oxygen atoms in total. The average molecular weight is 268 g/mol. The number of carbonyl (C=O) groups is 2. The summed E-state index contributed by atoms with van der Waals surface area (Å²) in [6.07, 6.45) is 0. The van der Waals surface area contributed by atoms with Crippen molar-refractivity contribution in [3.05, 3.63) is 64.7 Å². The molecule has 0 fully saturated rings. The molecule has 0 saturated heterocycles. The minimum Gasteiger partial charge on any atom is -0.426 e. The van der Waals surface area contributed by atoms with E-state index >= 15 is 0 Å². The second kappa shape index (κ2) is 5.70. The highest BCUT2D eigenvalue weighted by Crippen LogP contribution is 2.22. The van der Waals surface area contributed by atoms with Crippen molar-refractivity contribution in [2.24, 2.45) is 0 Å². The third-order valence-electron chi connectivity index (χ3n) is 2.87. The summed E-state index contributed by atoms with van der Waals surface area (Å²) >= 11 is 0. The van der Waals surface area contributed by atoms with Crippen LogP contribution in [0.4, 0.5) is 0 Å². The highest BCUT2D eigenvalue weighted by molar-refractivity contribution is 6.11. The van der Waals surface area contributed by atoms with E-state index in [9.17, 15) is 9.59 Å². The fourth-order valence-electron chi connectivity index (χ4n) is 2.16. The molecular weight excluding hydrogens is 252 g/mol. The van der Waals surface area contributed by atoms with Gasteiger partial charge in [-0.2, -0.15) is 0 Å². The Kier molecular flexibility index (Phi) is 3.99. The van der Waals surface area contributed by atoms with Gasteiger partial charge in [0.15, 0.2) is 5.78 Å². The molecule has 2 aromatic carbocycles. The first-order valence-electron chi connectivity index (χ1n) is 6.38. The van der Waals surface area contributed by atoms with Crippen LogP contribution in [0.2, 0.25) is 0 Å². The van der Waals surface area contributed by atoms with Crippen LogP contribution in [0, 0.1) is 13.8 Å². The zero-order chi connectivity index (χ0) is 14.7. The molecule has 0 aromatic heterocycles. The summed E-state index contributed by atoms with van der Waals surface area (Å²) in [6, 6.07) is 12.4. The van der Waals surface area contributed by atoms with E-state index in [1.165, 1.54) is 6.92 Å². The minimum absolute atomic E-state index is 0.145. The van der Waals surface area contributed by atoms with E-state index in [0.29, 0.717) is 16.9 Å². The molecule has 0 aliphatic rings. The molecule has 0 heterocycles. The van der Waals surface area contributed by atoms with E-state index in [1.54, 1.807) is 24.3 Å². The van der Waals surface area contributed by atoms with E-state index in [0.717, 1.165) is 11.1 Å². The van der Waals surface area contributed by atoms with Crippen LogP contribution >= 0.6 is 0 Å². The number of rotatable bonds is 3. The van der Waals surface area contributed by atoms with E-state index in [-0.39, 0.29) is 5.78 Å². The van der Waals surface area contributed by atoms with Crippen molar-refractivity contribution in [2.75, 3.05) is 0 Å². The predicted octanol–water partition coefficient (Wildman–Crippen LogP) is 3.46. The summed E-state index contributed by atoms with van der Waals surface area (Å²) < 4.78 is 5.09. The molecule has 0 amide bonds. The van der Waals surface area contributed by atoms with Crippen LogP contribution in [-0.4, -0.2) is 11.8 Å². The lowest BCUT2D eigenvalue weighted by Crippen LogP contribution is -2.09. The lowest BCUT2D eigenvalue weighted by Gasteiger charge is -2.09. The summed E-state index contributed by atoms with van der Waals surface area (Å²) in [5.41, 5.74) is 3.05. The molecule has 3 heteroatoms. The van der Waals surface area contributed by atoms with Crippen LogP contribution < -0.4 is 4.74 Å². The standard InChI is InChI=1S/C17H16O3/c1-11-8-12(2)10-14(9-11)17(19)15-6-4-5-7-16(15)20-13(3)18/h4-10H,1-3H3. The van der Waals surface area contributed by atoms with Gasteiger partial charge in [-0.25, -0.2) is 0 Å². The average Bonchev–Trinajstić information content (AvgIpc) is 2.36. The van der Waals surface area contributed by atoms with Gasteiger partial charge in [-0.05, 0) is 38.1 Å². The normalized spacial score (nSPS) is 10.2.